The third-order valence-electron chi connectivity index (χ3n) is 11.6. The molecule has 2 unspecified atom stereocenters. The maximum absolute atomic E-state index is 7.55. The normalized spacial score (nSPS) is 22.4. The van der Waals surface area contributed by atoms with Gasteiger partial charge in [0.15, 0.2) is 11.6 Å². The van der Waals surface area contributed by atoms with Crippen LogP contribution in [0, 0.1) is 23.7 Å². The molecule has 5 heteroatoms. The third-order valence-corrected chi connectivity index (χ3v) is 11.6. The zero-order chi connectivity index (χ0) is 34.0. The summed E-state index contributed by atoms with van der Waals surface area (Å²) in [6.45, 7) is 9.09. The molecule has 49 heavy (non-hydrogen) atoms. The maximum atomic E-state index is 7.55. The Morgan fingerprint density at radius 2 is 0.857 bits per heavy atom. The van der Waals surface area contributed by atoms with Crippen LogP contribution in [0.3, 0.4) is 0 Å². The van der Waals surface area contributed by atoms with E-state index in [1.807, 2.05) is 24.8 Å². The molecule has 0 saturated heterocycles. The van der Waals surface area contributed by atoms with Crippen LogP contribution in [0.5, 0.6) is 0 Å². The van der Waals surface area contributed by atoms with Crippen molar-refractivity contribution in [2.75, 3.05) is 0 Å². The van der Waals surface area contributed by atoms with Gasteiger partial charge in [-0.25, -0.2) is 19.9 Å². The summed E-state index contributed by atoms with van der Waals surface area (Å²) in [5.74, 6) is 4.31. The summed E-state index contributed by atoms with van der Waals surface area (Å²) in [5, 5.41) is 0. The number of aryl methyl sites for hydroxylation is 2. The fourth-order valence-corrected chi connectivity index (χ4v) is 8.37. The lowest BCUT2D eigenvalue weighted by Crippen LogP contribution is -2.28. The van der Waals surface area contributed by atoms with Crippen molar-refractivity contribution < 1.29 is 4.74 Å². The standard InChI is InChI=1S/C44H58N4O/c1-5-9-33-27-45-43(46-28-33)39-23-19-37(20-24-39)41(35-15-11-31(7-3)12-16-35)49-42(36-17-13-32(8-4)14-18-36)38-21-25-40(26-22-38)44-47-29-34(10-6-2)30-48-44/h19-32,35-36,41-42H,5-18H2,1-4H3/t31-,32-,35-,36-,41?,42?. The van der Waals surface area contributed by atoms with Gasteiger partial charge in [-0.1, -0.05) is 128 Å². The van der Waals surface area contributed by atoms with E-state index in [1.165, 1.54) is 86.5 Å². The molecule has 2 aliphatic rings. The van der Waals surface area contributed by atoms with Crippen LogP contribution in [0.15, 0.2) is 73.3 Å². The Kier molecular flexibility index (Phi) is 12.6. The SMILES string of the molecule is CCCc1cnc(-c2ccc(C(OC(c3ccc(-c4ncc(CCC)cn4)cc3)[C@H]3CC[C@H](CC)CC3)[C@H]3CC[C@H](CC)CC3)cc2)nc1. The van der Waals surface area contributed by atoms with Gasteiger partial charge >= 0.3 is 0 Å². The van der Waals surface area contributed by atoms with Crippen molar-refractivity contribution in [2.24, 2.45) is 23.7 Å². The van der Waals surface area contributed by atoms with Crippen molar-refractivity contribution >= 4 is 0 Å². The smallest absolute Gasteiger partial charge is 0.159 e. The number of hydrogen-bond donors (Lipinski definition) is 0. The van der Waals surface area contributed by atoms with Crippen molar-refractivity contribution in [3.63, 3.8) is 0 Å². The first-order chi connectivity index (χ1) is 24.1. The van der Waals surface area contributed by atoms with Crippen molar-refractivity contribution in [1.82, 2.24) is 19.9 Å². The number of ether oxygens (including phenoxy) is 1. The highest BCUT2D eigenvalue weighted by Gasteiger charge is 2.35. The highest BCUT2D eigenvalue weighted by molar-refractivity contribution is 5.56. The summed E-state index contributed by atoms with van der Waals surface area (Å²) in [7, 11) is 0. The van der Waals surface area contributed by atoms with Crippen LogP contribution < -0.4 is 0 Å². The zero-order valence-electron chi connectivity index (χ0n) is 30.5. The molecule has 0 radical (unpaired) electrons. The largest absolute Gasteiger partial charge is 0.365 e. The first-order valence-corrected chi connectivity index (χ1v) is 19.6. The maximum Gasteiger partial charge on any atom is 0.159 e. The molecule has 2 aromatic carbocycles. The predicted molar refractivity (Wildman–Crippen MR) is 201 cm³/mol. The molecule has 2 aromatic heterocycles. The quantitative estimate of drug-likeness (QED) is 0.135. The molecule has 5 nitrogen and oxygen atoms in total. The Labute approximate surface area is 295 Å². The van der Waals surface area contributed by atoms with Crippen LogP contribution in [-0.4, -0.2) is 19.9 Å². The van der Waals surface area contributed by atoms with Gasteiger partial charge in [0, 0.05) is 35.9 Å². The molecule has 2 atom stereocenters. The number of benzene rings is 2. The summed E-state index contributed by atoms with van der Waals surface area (Å²) in [5.41, 5.74) is 7.10. The molecule has 4 aromatic rings. The molecule has 260 valence electrons. The number of rotatable bonds is 14. The second kappa shape index (κ2) is 17.5. The lowest BCUT2D eigenvalue weighted by Gasteiger charge is -2.40. The Balaban J connectivity index is 1.29. The summed E-state index contributed by atoms with van der Waals surface area (Å²) < 4.78 is 7.55. The monoisotopic (exact) mass is 658 g/mol. The van der Waals surface area contributed by atoms with Gasteiger partial charge in [0.05, 0.1) is 12.2 Å². The van der Waals surface area contributed by atoms with Crippen molar-refractivity contribution in [3.05, 3.63) is 95.6 Å². The molecule has 0 aliphatic heterocycles. The minimum absolute atomic E-state index is 0.0581. The van der Waals surface area contributed by atoms with Crippen LogP contribution in [0.4, 0.5) is 0 Å². The zero-order valence-corrected chi connectivity index (χ0v) is 30.5. The fraction of sp³-hybridized carbons (Fsp3) is 0.545. The van der Waals surface area contributed by atoms with Crippen molar-refractivity contribution in [2.45, 2.75) is 130 Å². The van der Waals surface area contributed by atoms with Gasteiger partial charge < -0.3 is 4.74 Å². The van der Waals surface area contributed by atoms with Crippen LogP contribution in [0.1, 0.15) is 139 Å². The number of nitrogens with zero attached hydrogens (tertiary/aromatic N) is 4. The van der Waals surface area contributed by atoms with Crippen LogP contribution in [0.2, 0.25) is 0 Å². The highest BCUT2D eigenvalue weighted by atomic mass is 16.5. The summed E-state index contributed by atoms with van der Waals surface area (Å²) in [6.07, 6.45) is 25.0. The summed E-state index contributed by atoms with van der Waals surface area (Å²) in [6, 6.07) is 18.0. The Morgan fingerprint density at radius 1 is 0.510 bits per heavy atom. The minimum atomic E-state index is 0.0581. The number of hydrogen-bond acceptors (Lipinski definition) is 5. The molecule has 2 aliphatic carbocycles. The van der Waals surface area contributed by atoms with E-state index in [2.05, 4.69) is 76.2 Å². The van der Waals surface area contributed by atoms with Crippen LogP contribution in [0.25, 0.3) is 22.8 Å². The van der Waals surface area contributed by atoms with Gasteiger partial charge in [-0.2, -0.15) is 0 Å². The molecule has 2 saturated carbocycles. The minimum Gasteiger partial charge on any atom is -0.365 e. The molecule has 0 N–H and O–H groups in total. The van der Waals surface area contributed by atoms with E-state index in [0.717, 1.165) is 60.3 Å². The molecule has 6 rings (SSSR count). The highest BCUT2D eigenvalue weighted by Crippen LogP contribution is 2.47. The molecule has 2 heterocycles. The van der Waals surface area contributed by atoms with Gasteiger partial charge in [-0.3, -0.25) is 0 Å². The van der Waals surface area contributed by atoms with Gasteiger partial charge in [-0.15, -0.1) is 0 Å². The molecule has 2 fully saturated rings. The molecule has 0 bridgehead atoms. The number of aromatic nitrogens is 4. The molecule has 0 spiro atoms. The van der Waals surface area contributed by atoms with Crippen molar-refractivity contribution in [1.29, 1.82) is 0 Å². The van der Waals surface area contributed by atoms with E-state index in [0.29, 0.717) is 11.8 Å². The van der Waals surface area contributed by atoms with Gasteiger partial charge in [0.1, 0.15) is 0 Å². The van der Waals surface area contributed by atoms with Crippen LogP contribution >= 0.6 is 0 Å². The van der Waals surface area contributed by atoms with Gasteiger partial charge in [0.25, 0.3) is 0 Å². The lowest BCUT2D eigenvalue weighted by atomic mass is 9.75. The first-order valence-electron chi connectivity index (χ1n) is 19.6. The Bertz CT molecular complexity index is 1420. The first kappa shape index (κ1) is 35.4. The molecular weight excluding hydrogens is 601 g/mol. The Hall–Kier alpha value is -3.44. The third kappa shape index (κ3) is 9.03. The van der Waals surface area contributed by atoms with E-state index in [9.17, 15) is 0 Å². The van der Waals surface area contributed by atoms with Gasteiger partial charge in [0.2, 0.25) is 0 Å². The van der Waals surface area contributed by atoms with E-state index < -0.39 is 0 Å². The van der Waals surface area contributed by atoms with Crippen molar-refractivity contribution in [3.8, 4) is 22.8 Å². The second-order valence-corrected chi connectivity index (χ2v) is 14.9. The molecule has 0 amide bonds. The van der Waals surface area contributed by atoms with E-state index in [-0.39, 0.29) is 12.2 Å². The van der Waals surface area contributed by atoms with E-state index >= 15 is 0 Å². The average molecular weight is 659 g/mol. The van der Waals surface area contributed by atoms with E-state index in [1.54, 1.807) is 0 Å². The molecular formula is C44H58N4O. The Morgan fingerprint density at radius 3 is 1.16 bits per heavy atom. The summed E-state index contributed by atoms with van der Waals surface area (Å²) >= 11 is 0. The van der Waals surface area contributed by atoms with Crippen LogP contribution in [-0.2, 0) is 17.6 Å². The predicted octanol–water partition coefficient (Wildman–Crippen LogP) is 11.7. The fourth-order valence-electron chi connectivity index (χ4n) is 8.37. The average Bonchev–Trinajstić information content (AvgIpc) is 3.17. The van der Waals surface area contributed by atoms with E-state index in [4.69, 9.17) is 24.7 Å². The van der Waals surface area contributed by atoms with Gasteiger partial charge in [-0.05, 0) is 84.5 Å². The topological polar surface area (TPSA) is 60.8 Å². The lowest BCUT2D eigenvalue weighted by molar-refractivity contribution is -0.0905. The second-order valence-electron chi connectivity index (χ2n) is 14.9. The summed E-state index contributed by atoms with van der Waals surface area (Å²) in [4.78, 5) is 18.8.